The normalized spacial score (nSPS) is 12.8. The Kier molecular flexibility index (Phi) is 6.97. The second kappa shape index (κ2) is 8.79. The molecule has 140 valence electrons. The van der Waals surface area contributed by atoms with Crippen LogP contribution in [0.15, 0.2) is 57.9 Å². The molecule has 1 N–H and O–H groups in total. The Morgan fingerprint density at radius 2 is 1.81 bits per heavy atom. The van der Waals surface area contributed by atoms with Gasteiger partial charge in [0, 0.05) is 36.6 Å². The Hall–Kier alpha value is -1.70. The number of amides is 1. The highest BCUT2D eigenvalue weighted by Gasteiger charge is 2.22. The van der Waals surface area contributed by atoms with Crippen molar-refractivity contribution in [2.24, 2.45) is 0 Å². The molecule has 2 aromatic carbocycles. The van der Waals surface area contributed by atoms with Gasteiger partial charge in [0.05, 0.1) is 4.90 Å². The molecule has 2 aromatic rings. The summed E-state index contributed by atoms with van der Waals surface area (Å²) in [6.45, 7) is 2.57. The van der Waals surface area contributed by atoms with Crippen molar-refractivity contribution >= 4 is 31.9 Å². The lowest BCUT2D eigenvalue weighted by atomic mass is 9.96. The van der Waals surface area contributed by atoms with Crippen LogP contribution in [0.4, 0.5) is 0 Å². The molecule has 26 heavy (non-hydrogen) atoms. The fourth-order valence-electron chi connectivity index (χ4n) is 2.58. The molecule has 1 atom stereocenters. The fourth-order valence-corrected chi connectivity index (χ4v) is 4.42. The van der Waals surface area contributed by atoms with Gasteiger partial charge in [-0.15, -0.1) is 0 Å². The van der Waals surface area contributed by atoms with Gasteiger partial charge in [0.15, 0.2) is 0 Å². The van der Waals surface area contributed by atoms with Crippen molar-refractivity contribution in [3.63, 3.8) is 0 Å². The standard InChI is InChI=1S/C19H23BrN2O3S/c1-4-14(15-8-6-5-7-9-15)13-21-19(23)16-10-11-17(20)18(12-16)26(24,25)22(2)3/h5-12,14H,4,13H2,1-3H3,(H,21,23). The van der Waals surface area contributed by atoms with E-state index in [1.807, 2.05) is 30.3 Å². The Morgan fingerprint density at radius 3 is 2.38 bits per heavy atom. The van der Waals surface area contributed by atoms with Gasteiger partial charge in [-0.05, 0) is 46.1 Å². The molecule has 0 aliphatic carbocycles. The van der Waals surface area contributed by atoms with Crippen LogP contribution in [0.25, 0.3) is 0 Å². The molecular formula is C19H23BrN2O3S. The molecule has 0 aliphatic rings. The molecule has 0 radical (unpaired) electrons. The van der Waals surface area contributed by atoms with Gasteiger partial charge >= 0.3 is 0 Å². The first-order valence-electron chi connectivity index (χ1n) is 8.32. The summed E-state index contributed by atoms with van der Waals surface area (Å²) in [6, 6.07) is 14.6. The van der Waals surface area contributed by atoms with Gasteiger partial charge in [-0.25, -0.2) is 12.7 Å². The second-order valence-corrected chi connectivity index (χ2v) is 9.13. The lowest BCUT2D eigenvalue weighted by molar-refractivity contribution is 0.0950. The number of rotatable bonds is 7. The molecule has 0 saturated carbocycles. The van der Waals surface area contributed by atoms with Crippen LogP contribution in [0.2, 0.25) is 0 Å². The Balaban J connectivity index is 2.18. The molecule has 1 unspecified atom stereocenters. The number of carbonyl (C=O) groups excluding carboxylic acids is 1. The summed E-state index contributed by atoms with van der Waals surface area (Å²) in [7, 11) is -0.719. The largest absolute Gasteiger partial charge is 0.351 e. The van der Waals surface area contributed by atoms with E-state index < -0.39 is 10.0 Å². The Morgan fingerprint density at radius 1 is 1.15 bits per heavy atom. The Bertz CT molecular complexity index is 868. The van der Waals surface area contributed by atoms with E-state index in [1.165, 1.54) is 25.7 Å². The Labute approximate surface area is 163 Å². The maximum absolute atomic E-state index is 12.5. The van der Waals surface area contributed by atoms with Gasteiger partial charge in [-0.3, -0.25) is 4.79 Å². The van der Waals surface area contributed by atoms with Gasteiger partial charge in [0.25, 0.3) is 5.91 Å². The van der Waals surface area contributed by atoms with Gasteiger partial charge in [0.1, 0.15) is 0 Å². The van der Waals surface area contributed by atoms with Crippen molar-refractivity contribution in [3.05, 3.63) is 64.1 Å². The monoisotopic (exact) mass is 438 g/mol. The predicted molar refractivity (Wildman–Crippen MR) is 107 cm³/mol. The quantitative estimate of drug-likeness (QED) is 0.717. The van der Waals surface area contributed by atoms with Crippen LogP contribution < -0.4 is 5.32 Å². The lowest BCUT2D eigenvalue weighted by Crippen LogP contribution is -2.29. The van der Waals surface area contributed by atoms with Crippen LogP contribution in [0.5, 0.6) is 0 Å². The molecule has 0 heterocycles. The summed E-state index contributed by atoms with van der Waals surface area (Å²) < 4.78 is 26.3. The summed E-state index contributed by atoms with van der Waals surface area (Å²) in [5, 5.41) is 2.91. The summed E-state index contributed by atoms with van der Waals surface area (Å²) in [4.78, 5) is 12.6. The minimum absolute atomic E-state index is 0.0743. The van der Waals surface area contributed by atoms with Crippen LogP contribution in [-0.4, -0.2) is 39.3 Å². The van der Waals surface area contributed by atoms with Crippen molar-refractivity contribution in [2.75, 3.05) is 20.6 Å². The van der Waals surface area contributed by atoms with Crippen molar-refractivity contribution in [1.29, 1.82) is 0 Å². The third-order valence-electron chi connectivity index (χ3n) is 4.22. The average Bonchev–Trinajstić information content (AvgIpc) is 2.63. The molecule has 0 aliphatic heterocycles. The van der Waals surface area contributed by atoms with E-state index in [0.29, 0.717) is 16.6 Å². The van der Waals surface area contributed by atoms with Gasteiger partial charge in [-0.2, -0.15) is 0 Å². The van der Waals surface area contributed by atoms with Crippen molar-refractivity contribution in [3.8, 4) is 0 Å². The summed E-state index contributed by atoms with van der Waals surface area (Å²) >= 11 is 3.25. The fraction of sp³-hybridized carbons (Fsp3) is 0.316. The van der Waals surface area contributed by atoms with Crippen LogP contribution in [0.1, 0.15) is 35.2 Å². The lowest BCUT2D eigenvalue weighted by Gasteiger charge is -2.17. The number of carbonyl (C=O) groups is 1. The maximum Gasteiger partial charge on any atom is 0.251 e. The molecule has 0 aromatic heterocycles. The minimum Gasteiger partial charge on any atom is -0.351 e. The highest BCUT2D eigenvalue weighted by atomic mass is 79.9. The molecule has 0 fully saturated rings. The highest BCUT2D eigenvalue weighted by molar-refractivity contribution is 9.10. The van der Waals surface area contributed by atoms with Crippen LogP contribution >= 0.6 is 15.9 Å². The summed E-state index contributed by atoms with van der Waals surface area (Å²) in [6.07, 6.45) is 0.894. The summed E-state index contributed by atoms with van der Waals surface area (Å²) in [5.41, 5.74) is 1.48. The second-order valence-electron chi connectivity index (χ2n) is 6.16. The molecule has 2 rings (SSSR count). The van der Waals surface area contributed by atoms with E-state index in [0.717, 1.165) is 10.7 Å². The van der Waals surface area contributed by atoms with Gasteiger partial charge in [-0.1, -0.05) is 37.3 Å². The molecule has 0 bridgehead atoms. The minimum atomic E-state index is -3.64. The molecule has 0 spiro atoms. The molecule has 1 amide bonds. The number of benzene rings is 2. The van der Waals surface area contributed by atoms with E-state index in [-0.39, 0.29) is 16.7 Å². The topological polar surface area (TPSA) is 66.5 Å². The average molecular weight is 439 g/mol. The SMILES string of the molecule is CCC(CNC(=O)c1ccc(Br)c(S(=O)(=O)N(C)C)c1)c1ccccc1. The number of hydrogen-bond acceptors (Lipinski definition) is 3. The molecular weight excluding hydrogens is 416 g/mol. The molecule has 7 heteroatoms. The predicted octanol–water partition coefficient (Wildman–Crippen LogP) is 3.62. The zero-order valence-corrected chi connectivity index (χ0v) is 17.5. The van der Waals surface area contributed by atoms with Crippen molar-refractivity contribution in [2.45, 2.75) is 24.2 Å². The van der Waals surface area contributed by atoms with Gasteiger partial charge in [0.2, 0.25) is 10.0 Å². The van der Waals surface area contributed by atoms with E-state index in [4.69, 9.17) is 0 Å². The van der Waals surface area contributed by atoms with E-state index >= 15 is 0 Å². The zero-order chi connectivity index (χ0) is 19.3. The van der Waals surface area contributed by atoms with Gasteiger partial charge < -0.3 is 5.32 Å². The molecule has 0 saturated heterocycles. The first-order valence-corrected chi connectivity index (χ1v) is 10.6. The zero-order valence-electron chi connectivity index (χ0n) is 15.1. The number of nitrogens with zero attached hydrogens (tertiary/aromatic N) is 1. The summed E-state index contributed by atoms with van der Waals surface area (Å²) in [5.74, 6) is -0.0809. The third kappa shape index (κ3) is 4.72. The van der Waals surface area contributed by atoms with E-state index in [9.17, 15) is 13.2 Å². The smallest absolute Gasteiger partial charge is 0.251 e. The third-order valence-corrected chi connectivity index (χ3v) is 7.03. The van der Waals surface area contributed by atoms with Crippen LogP contribution in [0.3, 0.4) is 0 Å². The van der Waals surface area contributed by atoms with E-state index in [2.05, 4.69) is 28.2 Å². The van der Waals surface area contributed by atoms with Crippen molar-refractivity contribution in [1.82, 2.24) is 9.62 Å². The highest BCUT2D eigenvalue weighted by Crippen LogP contribution is 2.25. The number of halogens is 1. The van der Waals surface area contributed by atoms with Crippen LogP contribution in [-0.2, 0) is 10.0 Å². The van der Waals surface area contributed by atoms with Crippen molar-refractivity contribution < 1.29 is 13.2 Å². The number of hydrogen-bond donors (Lipinski definition) is 1. The number of sulfonamides is 1. The first kappa shape index (κ1) is 20.6. The van der Waals surface area contributed by atoms with E-state index in [1.54, 1.807) is 12.1 Å². The molecule has 5 nitrogen and oxygen atoms in total. The van der Waals surface area contributed by atoms with Crippen LogP contribution in [0, 0.1) is 0 Å². The number of nitrogens with one attached hydrogen (secondary N) is 1. The maximum atomic E-state index is 12.5. The first-order chi connectivity index (χ1) is 12.3.